The van der Waals surface area contributed by atoms with Gasteiger partial charge in [0.2, 0.25) is 0 Å². The zero-order valence-electron chi connectivity index (χ0n) is 49.6. The lowest BCUT2D eigenvalue weighted by Gasteiger charge is -2.32. The number of Topliss-reactive ketones (excluding diaryl/α,β-unsaturated/α-hetero) is 1. The average Bonchev–Trinajstić information content (AvgIpc) is 2.13. The first-order valence-electron chi connectivity index (χ1n) is 27.5. The molecule has 4 aromatic carbocycles. The molecule has 6 aromatic rings. The van der Waals surface area contributed by atoms with E-state index >= 15 is 0 Å². The van der Waals surface area contributed by atoms with Crippen molar-refractivity contribution in [1.29, 1.82) is 0 Å². The summed E-state index contributed by atoms with van der Waals surface area (Å²) in [5, 5.41) is 39.2. The molecule has 446 valence electrons. The topological polar surface area (TPSA) is 262 Å². The summed E-state index contributed by atoms with van der Waals surface area (Å²) < 4.78 is 32.9. The van der Waals surface area contributed by atoms with E-state index in [1.54, 1.807) is 71.0 Å². The molecule has 1 aliphatic rings. The van der Waals surface area contributed by atoms with Gasteiger partial charge in [0.25, 0.3) is 5.91 Å². The Balaban J connectivity index is 0.000000241. The maximum absolute atomic E-state index is 13.1. The predicted octanol–water partition coefficient (Wildman–Crippen LogP) is 8.79. The smallest absolute Gasteiger partial charge is 0.464 e. The van der Waals surface area contributed by atoms with Crippen molar-refractivity contribution >= 4 is 59.7 Å². The average molecular weight is 1170 g/mol. The minimum Gasteiger partial charge on any atom is -0.464 e. The number of ether oxygens (including phenoxy) is 4. The summed E-state index contributed by atoms with van der Waals surface area (Å²) in [4.78, 5) is 74.6. The summed E-state index contributed by atoms with van der Waals surface area (Å²) in [7, 11) is -0.575. The minimum absolute atomic E-state index is 0.0264. The molecular formula is C63H75BClN5O14. The number of nitrogens with zero attached hydrogens (tertiary/aromatic N) is 4. The van der Waals surface area contributed by atoms with Crippen LogP contribution in [0.1, 0.15) is 142 Å². The number of hydrogen-bond acceptors (Lipinski definition) is 18. The Hall–Kier alpha value is -7.75. The number of ketones is 1. The van der Waals surface area contributed by atoms with Gasteiger partial charge in [-0.1, -0.05) is 109 Å². The highest BCUT2D eigenvalue weighted by Crippen LogP contribution is 2.37. The number of halogens is 1. The van der Waals surface area contributed by atoms with Crippen LogP contribution in [0.15, 0.2) is 133 Å². The van der Waals surface area contributed by atoms with Gasteiger partial charge < -0.3 is 43.8 Å². The summed E-state index contributed by atoms with van der Waals surface area (Å²) in [6.07, 6.45) is -2.55. The zero-order valence-corrected chi connectivity index (χ0v) is 50.3. The van der Waals surface area contributed by atoms with Gasteiger partial charge in [-0.3, -0.25) is 9.59 Å². The molecule has 1 aliphatic heterocycles. The molecule has 2 aromatic heterocycles. The van der Waals surface area contributed by atoms with Crippen LogP contribution < -0.4 is 10.8 Å². The number of hydrogen-bond donors (Lipinski definition) is 3. The normalized spacial score (nSPS) is 14.8. The number of carbonyl (C=O) groups is 6. The number of nitrogens with one attached hydrogen (secondary N) is 1. The van der Waals surface area contributed by atoms with Crippen molar-refractivity contribution < 1.29 is 67.2 Å². The van der Waals surface area contributed by atoms with Gasteiger partial charge >= 0.3 is 31.0 Å². The van der Waals surface area contributed by atoms with Crippen molar-refractivity contribution in [3.63, 3.8) is 0 Å². The molecule has 1 saturated heterocycles. The van der Waals surface area contributed by atoms with Gasteiger partial charge in [0.05, 0.1) is 47.3 Å². The highest BCUT2D eigenvalue weighted by molar-refractivity contribution is 6.63. The molecule has 19 nitrogen and oxygen atoms in total. The van der Waals surface area contributed by atoms with E-state index in [2.05, 4.69) is 25.7 Å². The van der Waals surface area contributed by atoms with E-state index in [-0.39, 0.29) is 54.3 Å². The number of rotatable bonds is 19. The molecule has 21 heteroatoms. The molecule has 7 rings (SSSR count). The third-order valence-electron chi connectivity index (χ3n) is 13.0. The lowest BCUT2D eigenvalue weighted by Crippen LogP contribution is -2.49. The van der Waals surface area contributed by atoms with Crippen molar-refractivity contribution in [3.05, 3.63) is 172 Å². The first-order valence-corrected chi connectivity index (χ1v) is 27.9. The van der Waals surface area contributed by atoms with Crippen LogP contribution >= 0.6 is 11.6 Å². The Labute approximate surface area is 496 Å². The molecule has 0 saturated carbocycles. The van der Waals surface area contributed by atoms with E-state index in [0.717, 1.165) is 11.1 Å². The van der Waals surface area contributed by atoms with Gasteiger partial charge in [-0.25, -0.2) is 19.2 Å². The van der Waals surface area contributed by atoms with Crippen LogP contribution in [-0.4, -0.2) is 127 Å². The molecule has 0 aliphatic carbocycles. The minimum atomic E-state index is -1.51. The second kappa shape index (κ2) is 30.2. The van der Waals surface area contributed by atoms with E-state index in [1.165, 1.54) is 18.2 Å². The fourth-order valence-electron chi connectivity index (χ4n) is 8.19. The first-order chi connectivity index (χ1) is 39.5. The molecule has 84 heavy (non-hydrogen) atoms. The molecule has 0 spiro atoms. The number of esters is 4. The summed E-state index contributed by atoms with van der Waals surface area (Å²) in [6.45, 7) is 22.4. The molecule has 0 radical (unpaired) electrons. The third-order valence-corrected chi connectivity index (χ3v) is 13.2. The van der Waals surface area contributed by atoms with Crippen LogP contribution in [0, 0.1) is 5.92 Å². The Morgan fingerprint density at radius 2 is 1.06 bits per heavy atom. The monoisotopic (exact) mass is 1170 g/mol. The van der Waals surface area contributed by atoms with E-state index in [4.69, 9.17) is 39.9 Å². The first kappa shape index (κ1) is 67.0. The van der Waals surface area contributed by atoms with E-state index in [1.807, 2.05) is 127 Å². The van der Waals surface area contributed by atoms with Gasteiger partial charge in [-0.15, -0.1) is 20.4 Å². The Bertz CT molecular complexity index is 3140. The fourth-order valence-corrected chi connectivity index (χ4v) is 8.29. The van der Waals surface area contributed by atoms with Crippen LogP contribution in [-0.2, 0) is 50.7 Å². The molecular weight excluding hydrogens is 1100 g/mol. The molecule has 3 N–H and O–H groups in total. The fraction of sp³-hybridized carbons (Fsp3) is 0.397. The van der Waals surface area contributed by atoms with E-state index in [0.29, 0.717) is 34.3 Å². The summed E-state index contributed by atoms with van der Waals surface area (Å²) >= 11 is 5.65. The highest BCUT2D eigenvalue weighted by Gasteiger charge is 2.52. The van der Waals surface area contributed by atoms with Gasteiger partial charge in [0.15, 0.2) is 28.8 Å². The molecule has 1 fully saturated rings. The van der Waals surface area contributed by atoms with Gasteiger partial charge in [0.1, 0.15) is 16.9 Å². The maximum Gasteiger partial charge on any atom is 0.495 e. The highest BCUT2D eigenvalue weighted by atomic mass is 35.5. The summed E-state index contributed by atoms with van der Waals surface area (Å²) in [5.74, 6) is -4.07. The number of benzene rings is 4. The second-order valence-corrected chi connectivity index (χ2v) is 22.9. The van der Waals surface area contributed by atoms with Crippen molar-refractivity contribution in [1.82, 2.24) is 25.7 Å². The quantitative estimate of drug-likeness (QED) is 0.0296. The van der Waals surface area contributed by atoms with Crippen molar-refractivity contribution in [3.8, 4) is 11.3 Å². The van der Waals surface area contributed by atoms with Crippen LogP contribution in [0.25, 0.3) is 11.3 Å². The Morgan fingerprint density at radius 1 is 0.583 bits per heavy atom. The molecule has 4 atom stereocenters. The zero-order chi connectivity index (χ0) is 62.0. The van der Waals surface area contributed by atoms with Crippen LogP contribution in [0.2, 0.25) is 5.15 Å². The predicted molar refractivity (Wildman–Crippen MR) is 316 cm³/mol. The Kier molecular flexibility index (Phi) is 24.1. The van der Waals surface area contributed by atoms with Crippen molar-refractivity contribution in [2.24, 2.45) is 5.92 Å². The molecule has 1 amide bonds. The largest absolute Gasteiger partial charge is 0.495 e. The molecule has 3 heterocycles. The van der Waals surface area contributed by atoms with Crippen LogP contribution in [0.4, 0.5) is 0 Å². The standard InChI is InChI=1S/C29H32N2O6.C17H25BO4.C17H18ClN3O4/c1-5-36-28(35)26(33)20(17-19-11-7-6-8-12-19)18-25(32)24-16-15-23(30-31-24)21-13-9-10-14-22(21)27(34)37-29(2,3)4;1-15(2,3)20-14(19)12-10-8-9-11-13(12)18-21-16(4,5)17(6,7)22-18;1-2-25-17(24)15(22)13(10-11-6-4-3-5-7-11)19-16(23)12-8-9-14(18)21-20-12/h6-16,20,26,33H,5,17-18H2,1-4H3;8-11H,1-7H3;3-9,13,15,22H,2,10H2,1H3,(H,19,23)/t20-,26+;;13-,15-/m0.1/s1. The van der Waals surface area contributed by atoms with Crippen LogP contribution in [0.5, 0.6) is 0 Å². The van der Waals surface area contributed by atoms with Crippen molar-refractivity contribution in [2.75, 3.05) is 13.2 Å². The number of amides is 1. The number of aromatic nitrogens is 4. The molecule has 0 bridgehead atoms. The van der Waals surface area contributed by atoms with E-state index < -0.39 is 77.5 Å². The van der Waals surface area contributed by atoms with E-state index in [9.17, 15) is 39.0 Å². The number of aliphatic hydroxyl groups is 2. The third kappa shape index (κ3) is 20.0. The second-order valence-electron chi connectivity index (χ2n) is 22.5. The Morgan fingerprint density at radius 3 is 1.57 bits per heavy atom. The van der Waals surface area contributed by atoms with Gasteiger partial charge in [0, 0.05) is 17.9 Å². The lowest BCUT2D eigenvalue weighted by molar-refractivity contribution is -0.156. The van der Waals surface area contributed by atoms with Crippen LogP contribution in [0.3, 0.4) is 0 Å². The maximum atomic E-state index is 13.1. The lowest BCUT2D eigenvalue weighted by atomic mass is 9.76. The number of aliphatic hydroxyl groups excluding tert-OH is 2. The summed E-state index contributed by atoms with van der Waals surface area (Å²) in [5.41, 5.74) is 2.22. The molecule has 0 unspecified atom stereocenters. The van der Waals surface area contributed by atoms with Gasteiger partial charge in [-0.05, 0) is 149 Å². The number of carbonyl (C=O) groups excluding carboxylic acids is 6. The SMILES string of the molecule is CC(C)(C)OC(=O)c1ccccc1B1OC(C)(C)C(C)(C)O1.CCOC(=O)[C@H](O)[C@@H](Cc1ccccc1)NC(=O)c1ccc(Cl)nn1.CCOC(=O)[C@H](O)[C@H](CC(=O)c1ccc(-c2ccccc2C(=O)OC(C)(C)C)nn1)Cc1ccccc1. The van der Waals surface area contributed by atoms with Crippen molar-refractivity contribution in [2.45, 2.75) is 143 Å². The van der Waals surface area contributed by atoms with Gasteiger partial charge in [-0.2, -0.15) is 0 Å². The summed E-state index contributed by atoms with van der Waals surface area (Å²) in [6, 6.07) is 37.7.